The molecule has 0 bridgehead atoms. The van der Waals surface area contributed by atoms with Gasteiger partial charge in [0.25, 0.3) is 5.69 Å². The van der Waals surface area contributed by atoms with E-state index in [0.717, 1.165) is 11.3 Å². The molecule has 0 aliphatic carbocycles. The SMILES string of the molecule is Cc1ccccc1Nc1nc(N)nc(COc2ccc([N+](=O)[O-])cc2Cl)n1. The lowest BCUT2D eigenvalue weighted by molar-refractivity contribution is -0.384. The van der Waals surface area contributed by atoms with Gasteiger partial charge in [-0.25, -0.2) is 0 Å². The minimum atomic E-state index is -0.536. The van der Waals surface area contributed by atoms with Crippen molar-refractivity contribution < 1.29 is 9.66 Å². The molecule has 27 heavy (non-hydrogen) atoms. The van der Waals surface area contributed by atoms with Crippen molar-refractivity contribution in [3.63, 3.8) is 0 Å². The molecule has 0 saturated carbocycles. The number of nitro groups is 1. The molecule has 1 heterocycles. The van der Waals surface area contributed by atoms with Gasteiger partial charge in [-0.1, -0.05) is 29.8 Å². The van der Waals surface area contributed by atoms with Gasteiger partial charge in [-0.15, -0.1) is 0 Å². The van der Waals surface area contributed by atoms with Crippen LogP contribution in [0.25, 0.3) is 0 Å². The predicted octanol–water partition coefficient (Wildman–Crippen LogP) is 3.65. The summed E-state index contributed by atoms with van der Waals surface area (Å²) >= 11 is 6.01. The first-order chi connectivity index (χ1) is 12.9. The molecule has 10 heteroatoms. The molecule has 138 valence electrons. The van der Waals surface area contributed by atoms with E-state index in [1.165, 1.54) is 18.2 Å². The number of hydrogen-bond acceptors (Lipinski definition) is 8. The zero-order valence-electron chi connectivity index (χ0n) is 14.2. The number of nitrogens with two attached hydrogens (primary N) is 1. The summed E-state index contributed by atoms with van der Waals surface area (Å²) in [6, 6.07) is 11.6. The van der Waals surface area contributed by atoms with Gasteiger partial charge in [0.1, 0.15) is 12.4 Å². The molecule has 0 fully saturated rings. The number of anilines is 3. The topological polar surface area (TPSA) is 129 Å². The van der Waals surface area contributed by atoms with Crippen molar-refractivity contribution in [1.29, 1.82) is 0 Å². The number of ether oxygens (including phenoxy) is 1. The van der Waals surface area contributed by atoms with Crippen LogP contribution in [0, 0.1) is 17.0 Å². The fraction of sp³-hybridized carbons (Fsp3) is 0.118. The number of nitrogens with one attached hydrogen (secondary N) is 1. The fourth-order valence-corrected chi connectivity index (χ4v) is 2.48. The first kappa shape index (κ1) is 18.3. The van der Waals surface area contributed by atoms with E-state index in [0.29, 0.717) is 0 Å². The Morgan fingerprint density at radius 1 is 1.22 bits per heavy atom. The number of non-ortho nitro benzene ring substituents is 1. The van der Waals surface area contributed by atoms with Crippen LogP contribution in [0.5, 0.6) is 5.75 Å². The molecule has 0 aliphatic rings. The van der Waals surface area contributed by atoms with Crippen LogP contribution in [0.1, 0.15) is 11.4 Å². The molecule has 0 aliphatic heterocycles. The maximum absolute atomic E-state index is 10.8. The van der Waals surface area contributed by atoms with Crippen LogP contribution in [0.4, 0.5) is 23.3 Å². The zero-order valence-corrected chi connectivity index (χ0v) is 15.0. The van der Waals surface area contributed by atoms with Crippen molar-refractivity contribution in [2.45, 2.75) is 13.5 Å². The standard InChI is InChI=1S/C17H15ClN6O3/c1-10-4-2-3-5-13(10)20-17-22-15(21-16(19)23-17)9-27-14-7-6-11(24(25)26)8-12(14)18/h2-8H,9H2,1H3,(H3,19,20,21,22,23). The molecule has 0 radical (unpaired) electrons. The highest BCUT2D eigenvalue weighted by molar-refractivity contribution is 6.32. The van der Waals surface area contributed by atoms with Crippen LogP contribution in [0.2, 0.25) is 5.02 Å². The minimum absolute atomic E-state index is 0.0350. The lowest BCUT2D eigenvalue weighted by Gasteiger charge is -2.10. The summed E-state index contributed by atoms with van der Waals surface area (Å²) in [7, 11) is 0. The van der Waals surface area contributed by atoms with Gasteiger partial charge < -0.3 is 15.8 Å². The van der Waals surface area contributed by atoms with Crippen molar-refractivity contribution in [3.05, 3.63) is 69.0 Å². The number of para-hydroxylation sites is 1. The first-order valence-corrected chi connectivity index (χ1v) is 8.20. The molecule has 9 nitrogen and oxygen atoms in total. The van der Waals surface area contributed by atoms with Crippen molar-refractivity contribution in [1.82, 2.24) is 15.0 Å². The Kier molecular flexibility index (Phi) is 5.32. The Morgan fingerprint density at radius 2 is 2.00 bits per heavy atom. The third-order valence-corrected chi connectivity index (χ3v) is 3.87. The summed E-state index contributed by atoms with van der Waals surface area (Å²) in [6.07, 6.45) is 0. The van der Waals surface area contributed by atoms with Crippen molar-refractivity contribution in [2.75, 3.05) is 11.1 Å². The maximum Gasteiger partial charge on any atom is 0.271 e. The number of nitrogen functional groups attached to an aromatic ring is 1. The van der Waals surface area contributed by atoms with Gasteiger partial charge in [-0.3, -0.25) is 10.1 Å². The van der Waals surface area contributed by atoms with Gasteiger partial charge in [-0.05, 0) is 24.6 Å². The van der Waals surface area contributed by atoms with E-state index in [-0.39, 0.29) is 40.8 Å². The largest absolute Gasteiger partial charge is 0.484 e. The molecule has 0 spiro atoms. The zero-order chi connectivity index (χ0) is 19.4. The molecular weight excluding hydrogens is 372 g/mol. The quantitative estimate of drug-likeness (QED) is 0.485. The Balaban J connectivity index is 1.75. The number of halogens is 1. The Bertz CT molecular complexity index is 998. The van der Waals surface area contributed by atoms with Crippen LogP contribution >= 0.6 is 11.6 Å². The van der Waals surface area contributed by atoms with Gasteiger partial charge >= 0.3 is 0 Å². The monoisotopic (exact) mass is 386 g/mol. The molecule has 0 saturated heterocycles. The molecule has 0 amide bonds. The average Bonchev–Trinajstić information content (AvgIpc) is 2.62. The van der Waals surface area contributed by atoms with E-state index >= 15 is 0 Å². The Hall–Kier alpha value is -3.46. The normalized spacial score (nSPS) is 10.4. The number of nitrogens with zero attached hydrogens (tertiary/aromatic N) is 4. The van der Waals surface area contributed by atoms with Crippen LogP contribution in [-0.2, 0) is 6.61 Å². The van der Waals surface area contributed by atoms with E-state index in [9.17, 15) is 10.1 Å². The Morgan fingerprint density at radius 3 is 2.70 bits per heavy atom. The van der Waals surface area contributed by atoms with Crippen molar-refractivity contribution in [3.8, 4) is 5.75 Å². The molecule has 1 aromatic heterocycles. The molecule has 0 unspecified atom stereocenters. The molecule has 3 aromatic rings. The molecule has 0 atom stereocenters. The molecular formula is C17H15ClN6O3. The smallest absolute Gasteiger partial charge is 0.271 e. The number of hydrogen-bond donors (Lipinski definition) is 2. The summed E-state index contributed by atoms with van der Waals surface area (Å²) in [6.45, 7) is 1.92. The second-order valence-corrected chi connectivity index (χ2v) is 5.94. The van der Waals surface area contributed by atoms with Crippen molar-refractivity contribution >= 4 is 34.9 Å². The number of rotatable bonds is 6. The van der Waals surface area contributed by atoms with Gasteiger partial charge in [-0.2, -0.15) is 15.0 Å². The number of aryl methyl sites for hydroxylation is 1. The molecule has 3 rings (SSSR count). The van der Waals surface area contributed by atoms with Gasteiger partial charge in [0.15, 0.2) is 5.82 Å². The highest BCUT2D eigenvalue weighted by atomic mass is 35.5. The summed E-state index contributed by atoms with van der Waals surface area (Å²) in [4.78, 5) is 22.6. The van der Waals surface area contributed by atoms with Crippen LogP contribution < -0.4 is 15.8 Å². The van der Waals surface area contributed by atoms with Crippen molar-refractivity contribution in [2.24, 2.45) is 0 Å². The minimum Gasteiger partial charge on any atom is -0.484 e. The third kappa shape index (κ3) is 4.59. The van der Waals surface area contributed by atoms with E-state index in [2.05, 4.69) is 20.3 Å². The number of aromatic nitrogens is 3. The van der Waals surface area contributed by atoms with E-state index in [4.69, 9.17) is 22.1 Å². The third-order valence-electron chi connectivity index (χ3n) is 3.57. The molecule has 2 aromatic carbocycles. The lowest BCUT2D eigenvalue weighted by Crippen LogP contribution is -2.09. The summed E-state index contributed by atoms with van der Waals surface area (Å²) < 4.78 is 5.55. The van der Waals surface area contributed by atoms with E-state index < -0.39 is 4.92 Å². The number of benzene rings is 2. The summed E-state index contributed by atoms with van der Waals surface area (Å²) in [5, 5.41) is 14.0. The summed E-state index contributed by atoms with van der Waals surface area (Å²) in [5.41, 5.74) is 7.48. The first-order valence-electron chi connectivity index (χ1n) is 7.82. The van der Waals surface area contributed by atoms with Gasteiger partial charge in [0.2, 0.25) is 11.9 Å². The molecule has 3 N–H and O–H groups in total. The number of nitro benzene ring substituents is 1. The van der Waals surface area contributed by atoms with Crippen LogP contribution in [-0.4, -0.2) is 19.9 Å². The summed E-state index contributed by atoms with van der Waals surface area (Å²) in [5.74, 6) is 0.877. The lowest BCUT2D eigenvalue weighted by atomic mass is 10.2. The van der Waals surface area contributed by atoms with Crippen LogP contribution in [0.15, 0.2) is 42.5 Å². The second kappa shape index (κ2) is 7.83. The van der Waals surface area contributed by atoms with Crippen LogP contribution in [0.3, 0.4) is 0 Å². The van der Waals surface area contributed by atoms with E-state index in [1.807, 2.05) is 31.2 Å². The highest BCUT2D eigenvalue weighted by Gasteiger charge is 2.12. The van der Waals surface area contributed by atoms with Gasteiger partial charge in [0.05, 0.1) is 9.95 Å². The highest BCUT2D eigenvalue weighted by Crippen LogP contribution is 2.29. The Labute approximate surface area is 159 Å². The fourth-order valence-electron chi connectivity index (χ4n) is 2.25. The average molecular weight is 387 g/mol. The second-order valence-electron chi connectivity index (χ2n) is 5.53. The predicted molar refractivity (Wildman–Crippen MR) is 101 cm³/mol. The maximum atomic E-state index is 10.8. The van der Waals surface area contributed by atoms with Gasteiger partial charge in [0, 0.05) is 17.8 Å². The van der Waals surface area contributed by atoms with E-state index in [1.54, 1.807) is 0 Å².